The van der Waals surface area contributed by atoms with Crippen LogP contribution in [0.2, 0.25) is 0 Å². The summed E-state index contributed by atoms with van der Waals surface area (Å²) in [5, 5.41) is 14.0. The van der Waals surface area contributed by atoms with Crippen LogP contribution in [0.15, 0.2) is 299 Å². The molecule has 0 aliphatic carbocycles. The molecule has 8 nitrogen and oxygen atoms in total. The summed E-state index contributed by atoms with van der Waals surface area (Å²) in [6.07, 6.45) is 20.0. The number of rotatable bonds is 5. The average Bonchev–Trinajstić information content (AvgIpc) is 1.77. The van der Waals surface area contributed by atoms with Crippen molar-refractivity contribution in [1.82, 2.24) is 37.5 Å². The third-order valence-electron chi connectivity index (χ3n) is 17.6. The van der Waals surface area contributed by atoms with E-state index in [1.165, 1.54) is 93.3 Å². The van der Waals surface area contributed by atoms with Crippen LogP contribution in [0.4, 0.5) is 0 Å². The molecule has 0 amide bonds. The first-order valence-corrected chi connectivity index (χ1v) is 31.1. The molecule has 97 heavy (non-hydrogen) atoms. The van der Waals surface area contributed by atoms with Crippen molar-refractivity contribution in [1.29, 1.82) is 0 Å². The van der Waals surface area contributed by atoms with Crippen molar-refractivity contribution < 1.29 is 80.4 Å². The molecule has 19 rings (SSSR count). The summed E-state index contributed by atoms with van der Waals surface area (Å²) in [6, 6.07) is 95.6. The third kappa shape index (κ3) is 12.9. The first-order valence-electron chi connectivity index (χ1n) is 31.1. The zero-order chi connectivity index (χ0) is 62.4. The zero-order valence-electron chi connectivity index (χ0n) is 52.7. The fourth-order valence-corrected chi connectivity index (χ4v) is 13.4. The summed E-state index contributed by atoms with van der Waals surface area (Å²) in [5.41, 5.74) is 19.6. The zero-order valence-corrected chi connectivity index (χ0v) is 62.3. The first kappa shape index (κ1) is 67.3. The number of aryl methyl sites for hydroxylation is 3. The Balaban J connectivity index is 0.000000122. The van der Waals surface area contributed by atoms with Crippen molar-refractivity contribution in [3.05, 3.63) is 340 Å². The molecular formula is C85H58Ir4N8-4. The van der Waals surface area contributed by atoms with Crippen LogP contribution in [0.1, 0.15) is 16.7 Å². The monoisotopic (exact) mass is 1960 g/mol. The van der Waals surface area contributed by atoms with Crippen LogP contribution in [-0.2, 0) is 80.4 Å². The van der Waals surface area contributed by atoms with Gasteiger partial charge in [0.2, 0.25) is 0 Å². The maximum atomic E-state index is 4.66. The van der Waals surface area contributed by atoms with Gasteiger partial charge in [-0.2, -0.15) is 0 Å². The maximum Gasteiger partial charge on any atom is 0.0634 e. The molecule has 4 radical (unpaired) electrons. The molecule has 0 N–H and O–H groups in total. The molecule has 8 heterocycles. The van der Waals surface area contributed by atoms with Crippen LogP contribution in [0.3, 0.4) is 0 Å². The second-order valence-electron chi connectivity index (χ2n) is 23.4. The number of imidazole rings is 4. The standard InChI is InChI=1S/C23H15N2.2C21H13N2.C20H17N2.4Ir/c1-3-7-17(8-4-1)19-11-12-21-20(15-19)13-14-25-22(16-24-23(21)25)18-9-5-2-6-10-18;1-2-7-16-15(5-1)6-3-8-17(16)18-9-4-10-20-19(18)11-13-23-14-12-22-21(20)23;1-2-8-16-15(6-1)7-5-11-17(16)20-14-23-13-12-22-21(23)19-10-4-3-9-18(19)20;1-13-10-14(2)19(15(3)11-13)18-12-21-20-17-7-5-4-6-16(17)8-9-22(18)20;;;;/h1-11,13-16H;2*1-9,11-14H;4-6,8-12H,1-3H3;;;;/q4*-1;;;;. The largest absolute Gasteiger partial charge is 0.347 e. The van der Waals surface area contributed by atoms with Gasteiger partial charge >= 0.3 is 0 Å². The summed E-state index contributed by atoms with van der Waals surface area (Å²) in [7, 11) is 0. The van der Waals surface area contributed by atoms with Gasteiger partial charge in [-0.25, -0.2) is 0 Å². The Morgan fingerprint density at radius 3 is 1.49 bits per heavy atom. The van der Waals surface area contributed by atoms with Crippen molar-refractivity contribution in [3.8, 4) is 55.9 Å². The topological polar surface area (TPSA) is 69.2 Å². The van der Waals surface area contributed by atoms with Crippen molar-refractivity contribution in [2.45, 2.75) is 20.8 Å². The quantitative estimate of drug-likeness (QED) is 0.161. The Bertz CT molecular complexity index is 5960. The predicted molar refractivity (Wildman–Crippen MR) is 383 cm³/mol. The Kier molecular flexibility index (Phi) is 20.4. The van der Waals surface area contributed by atoms with E-state index in [9.17, 15) is 0 Å². The van der Waals surface area contributed by atoms with Crippen LogP contribution in [0, 0.1) is 45.0 Å². The maximum absolute atomic E-state index is 4.66. The molecular weight excluding hydrogens is 1900 g/mol. The summed E-state index contributed by atoms with van der Waals surface area (Å²) in [4.78, 5) is 18.3. The normalized spacial score (nSPS) is 10.9. The second-order valence-corrected chi connectivity index (χ2v) is 23.4. The fraction of sp³-hybridized carbons (Fsp3) is 0.0353. The molecule has 11 aromatic carbocycles. The molecule has 478 valence electrons. The fourth-order valence-electron chi connectivity index (χ4n) is 13.4. The molecule has 12 heteroatoms. The van der Waals surface area contributed by atoms with E-state index in [1.54, 1.807) is 0 Å². The van der Waals surface area contributed by atoms with E-state index in [2.05, 4.69) is 285 Å². The number of fused-ring (bicyclic) bond motifs is 14. The number of benzene rings is 11. The Morgan fingerprint density at radius 2 is 0.814 bits per heavy atom. The van der Waals surface area contributed by atoms with Crippen LogP contribution < -0.4 is 0 Å². The second kappa shape index (κ2) is 29.4. The van der Waals surface area contributed by atoms with E-state index in [-0.39, 0.29) is 80.4 Å². The molecule has 19 aromatic rings. The number of pyridine rings is 4. The summed E-state index contributed by atoms with van der Waals surface area (Å²) >= 11 is 0. The van der Waals surface area contributed by atoms with Gasteiger partial charge in [-0.15, -0.1) is 117 Å². The number of hydrogen-bond acceptors (Lipinski definition) is 4. The van der Waals surface area contributed by atoms with E-state index >= 15 is 0 Å². The van der Waals surface area contributed by atoms with Crippen LogP contribution >= 0.6 is 0 Å². The molecule has 0 aliphatic heterocycles. The van der Waals surface area contributed by atoms with Gasteiger partial charge in [0.15, 0.2) is 0 Å². The smallest absolute Gasteiger partial charge is 0.0634 e. The molecule has 0 spiro atoms. The Morgan fingerprint density at radius 1 is 0.320 bits per heavy atom. The van der Waals surface area contributed by atoms with Crippen molar-refractivity contribution in [2.75, 3.05) is 0 Å². The van der Waals surface area contributed by atoms with Gasteiger partial charge < -0.3 is 17.6 Å². The van der Waals surface area contributed by atoms with E-state index < -0.39 is 0 Å². The average molecular weight is 1960 g/mol. The van der Waals surface area contributed by atoms with Crippen molar-refractivity contribution >= 4 is 87.2 Å². The van der Waals surface area contributed by atoms with Gasteiger partial charge in [-0.3, -0.25) is 19.9 Å². The van der Waals surface area contributed by atoms with Gasteiger partial charge in [0.25, 0.3) is 0 Å². The van der Waals surface area contributed by atoms with Crippen LogP contribution in [0.25, 0.3) is 143 Å². The molecule has 0 saturated heterocycles. The van der Waals surface area contributed by atoms with Crippen LogP contribution in [-0.4, -0.2) is 37.5 Å². The Labute approximate surface area is 615 Å². The van der Waals surface area contributed by atoms with E-state index in [0.717, 1.165) is 66.5 Å². The van der Waals surface area contributed by atoms with E-state index in [1.807, 2.05) is 96.2 Å². The summed E-state index contributed by atoms with van der Waals surface area (Å²) in [6.45, 7) is 6.48. The predicted octanol–water partition coefficient (Wildman–Crippen LogP) is 20.7. The van der Waals surface area contributed by atoms with Crippen molar-refractivity contribution in [2.24, 2.45) is 0 Å². The molecule has 0 aliphatic rings. The van der Waals surface area contributed by atoms with Gasteiger partial charge in [-0.05, 0) is 100 Å². The summed E-state index contributed by atoms with van der Waals surface area (Å²) in [5.74, 6) is 0. The molecule has 0 saturated carbocycles. The summed E-state index contributed by atoms with van der Waals surface area (Å²) < 4.78 is 8.42. The minimum Gasteiger partial charge on any atom is -0.347 e. The minimum atomic E-state index is 0. The van der Waals surface area contributed by atoms with Gasteiger partial charge in [0.1, 0.15) is 0 Å². The third-order valence-corrected chi connectivity index (χ3v) is 17.6. The minimum absolute atomic E-state index is 0. The SMILES string of the molecule is Cc1cc(C)c(-c2cnc3c4[c-]cccc4ccn23)c(C)c1.[Ir].[Ir].[Ir].[Ir].[c-]1cc(-c2ccccc2)cc2ccn3c(-c4ccccc4)cnc3c12.[c-]1ccc(-c2cccc3ccccc23)c2ccn3ccnc3c12.[c-]1cccc2c(-c3cccc4ccccc34)cn3ccnc3c12. The van der Waals surface area contributed by atoms with Gasteiger partial charge in [-0.1, -0.05) is 209 Å². The molecule has 0 unspecified atom stereocenters. The van der Waals surface area contributed by atoms with Gasteiger partial charge in [0.05, 0.1) is 34.0 Å². The molecule has 8 aromatic heterocycles. The molecule has 0 atom stereocenters. The Hall–Kier alpha value is -9.66. The first-order chi connectivity index (χ1) is 45.9. The van der Waals surface area contributed by atoms with E-state index in [0.29, 0.717) is 0 Å². The number of aromatic nitrogens is 8. The number of hydrogen-bond donors (Lipinski definition) is 0. The van der Waals surface area contributed by atoms with Crippen molar-refractivity contribution in [3.63, 3.8) is 0 Å². The number of nitrogens with zero attached hydrogens (tertiary/aromatic N) is 8. The molecule has 0 fully saturated rings. The molecule has 0 bridgehead atoms. The van der Waals surface area contributed by atoms with E-state index in [4.69, 9.17) is 0 Å². The van der Waals surface area contributed by atoms with Gasteiger partial charge in [0, 0.05) is 123 Å². The van der Waals surface area contributed by atoms with Crippen LogP contribution in [0.5, 0.6) is 0 Å².